The third-order valence-corrected chi connectivity index (χ3v) is 4.62. The molecule has 0 saturated heterocycles. The molecular weight excluding hydrogens is 296 g/mol. The van der Waals surface area contributed by atoms with Crippen LogP contribution in [-0.4, -0.2) is 45.1 Å². The highest BCUT2D eigenvalue weighted by molar-refractivity contribution is 7.07. The van der Waals surface area contributed by atoms with Gasteiger partial charge in [0.15, 0.2) is 0 Å². The van der Waals surface area contributed by atoms with Gasteiger partial charge in [-0.3, -0.25) is 0 Å². The summed E-state index contributed by atoms with van der Waals surface area (Å²) in [6, 6.07) is 2.48. The fourth-order valence-corrected chi connectivity index (χ4v) is 3.20. The molecule has 3 rings (SSSR count). The Balaban J connectivity index is 1.90. The number of aromatic nitrogens is 4. The summed E-state index contributed by atoms with van der Waals surface area (Å²) in [7, 11) is 4.19. The Morgan fingerprint density at radius 1 is 1.36 bits per heavy atom. The predicted molar refractivity (Wildman–Crippen MR) is 89.5 cm³/mol. The molecule has 0 spiro atoms. The number of aryl methyl sites for hydroxylation is 1. The van der Waals surface area contributed by atoms with Crippen molar-refractivity contribution in [2.45, 2.75) is 19.9 Å². The van der Waals surface area contributed by atoms with Crippen LogP contribution in [0.2, 0.25) is 0 Å². The lowest BCUT2D eigenvalue weighted by molar-refractivity contribution is 0.312. The summed E-state index contributed by atoms with van der Waals surface area (Å²) in [6.45, 7) is 4.85. The molecule has 0 aromatic carbocycles. The van der Waals surface area contributed by atoms with Crippen molar-refractivity contribution in [1.29, 1.82) is 0 Å². The van der Waals surface area contributed by atoms with Crippen LogP contribution in [0.5, 0.6) is 0 Å². The lowest BCUT2D eigenvalue weighted by atomic mass is 10.1. The number of likely N-dealkylation sites (N-methyl/N-ethyl adjacent to an activating group) is 1. The van der Waals surface area contributed by atoms with Gasteiger partial charge in [-0.25, -0.2) is 4.98 Å². The van der Waals surface area contributed by atoms with Crippen LogP contribution in [0.3, 0.4) is 0 Å². The van der Waals surface area contributed by atoms with Gasteiger partial charge >= 0.3 is 0 Å². The molecule has 22 heavy (non-hydrogen) atoms. The Hall–Kier alpha value is -1.99. The predicted octanol–water partition coefficient (Wildman–Crippen LogP) is 2.52. The fraction of sp³-hybridized carbons (Fsp3) is 0.400. The molecular formula is C15H20N6S. The summed E-state index contributed by atoms with van der Waals surface area (Å²) >= 11 is 1.72. The van der Waals surface area contributed by atoms with Gasteiger partial charge in [0.05, 0.1) is 6.04 Å². The van der Waals surface area contributed by atoms with E-state index in [1.54, 1.807) is 15.9 Å². The molecule has 0 fully saturated rings. The van der Waals surface area contributed by atoms with Crippen molar-refractivity contribution in [3.05, 3.63) is 40.0 Å². The maximum Gasteiger partial charge on any atom is 0.254 e. The zero-order valence-electron chi connectivity index (χ0n) is 13.2. The lowest BCUT2D eigenvalue weighted by Crippen LogP contribution is -2.27. The number of anilines is 1. The number of nitrogens with zero attached hydrogens (tertiary/aromatic N) is 5. The molecule has 1 N–H and O–H groups in total. The Labute approximate surface area is 133 Å². The quantitative estimate of drug-likeness (QED) is 0.784. The van der Waals surface area contributed by atoms with Crippen LogP contribution < -0.4 is 5.32 Å². The standard InChI is InChI=1S/C15H20N6S/c1-10-11(2)19-15-17-9-18-21(15)14(10)16-7-13(20(3)4)12-5-6-22-8-12/h5-6,8-9,13,16H,7H2,1-4H3. The topological polar surface area (TPSA) is 58.4 Å². The van der Waals surface area contributed by atoms with E-state index in [0.29, 0.717) is 11.8 Å². The molecule has 1 unspecified atom stereocenters. The van der Waals surface area contributed by atoms with Crippen LogP contribution >= 0.6 is 11.3 Å². The van der Waals surface area contributed by atoms with Crippen molar-refractivity contribution >= 4 is 22.9 Å². The second-order valence-electron chi connectivity index (χ2n) is 5.56. The molecule has 0 aliphatic carbocycles. The van der Waals surface area contributed by atoms with E-state index in [4.69, 9.17) is 0 Å². The average Bonchev–Trinajstić information content (AvgIpc) is 3.13. The van der Waals surface area contributed by atoms with Crippen LogP contribution in [-0.2, 0) is 0 Å². The van der Waals surface area contributed by atoms with Gasteiger partial charge in [0.1, 0.15) is 12.1 Å². The Morgan fingerprint density at radius 3 is 2.86 bits per heavy atom. The molecule has 0 aliphatic heterocycles. The SMILES string of the molecule is Cc1nc2ncnn2c(NCC(c2ccsc2)N(C)C)c1C. The summed E-state index contributed by atoms with van der Waals surface area (Å²) in [4.78, 5) is 10.9. The first-order valence-corrected chi connectivity index (χ1v) is 8.11. The highest BCUT2D eigenvalue weighted by atomic mass is 32.1. The smallest absolute Gasteiger partial charge is 0.254 e. The number of rotatable bonds is 5. The van der Waals surface area contributed by atoms with Gasteiger partial charge in [-0.05, 0) is 50.3 Å². The zero-order chi connectivity index (χ0) is 15.7. The summed E-state index contributed by atoms with van der Waals surface area (Å²) in [6.07, 6.45) is 1.54. The largest absolute Gasteiger partial charge is 0.368 e. The first-order valence-electron chi connectivity index (χ1n) is 7.17. The molecule has 3 aromatic heterocycles. The van der Waals surface area contributed by atoms with Crippen molar-refractivity contribution in [3.8, 4) is 0 Å². The molecule has 7 heteroatoms. The van der Waals surface area contributed by atoms with E-state index in [9.17, 15) is 0 Å². The van der Waals surface area contributed by atoms with Gasteiger partial charge in [-0.1, -0.05) is 0 Å². The molecule has 3 aromatic rings. The molecule has 6 nitrogen and oxygen atoms in total. The van der Waals surface area contributed by atoms with E-state index in [-0.39, 0.29) is 0 Å². The van der Waals surface area contributed by atoms with E-state index in [1.807, 2.05) is 6.92 Å². The van der Waals surface area contributed by atoms with E-state index in [2.05, 4.69) is 63.1 Å². The minimum absolute atomic E-state index is 0.303. The minimum Gasteiger partial charge on any atom is -0.368 e. The second kappa shape index (κ2) is 6.02. The number of nitrogens with one attached hydrogen (secondary N) is 1. The van der Waals surface area contributed by atoms with Gasteiger partial charge in [0.25, 0.3) is 5.78 Å². The summed E-state index contributed by atoms with van der Waals surface area (Å²) in [5, 5.41) is 12.1. The van der Waals surface area contributed by atoms with Crippen molar-refractivity contribution in [2.75, 3.05) is 26.0 Å². The fourth-order valence-electron chi connectivity index (χ4n) is 2.50. The van der Waals surface area contributed by atoms with Crippen molar-refractivity contribution in [2.24, 2.45) is 0 Å². The van der Waals surface area contributed by atoms with Gasteiger partial charge in [-0.15, -0.1) is 0 Å². The Kier molecular flexibility index (Phi) is 4.08. The highest BCUT2D eigenvalue weighted by Gasteiger charge is 2.17. The van der Waals surface area contributed by atoms with E-state index in [0.717, 1.165) is 23.6 Å². The zero-order valence-corrected chi connectivity index (χ0v) is 14.1. The van der Waals surface area contributed by atoms with E-state index in [1.165, 1.54) is 11.9 Å². The van der Waals surface area contributed by atoms with Crippen LogP contribution in [0.1, 0.15) is 22.9 Å². The van der Waals surface area contributed by atoms with Crippen molar-refractivity contribution < 1.29 is 0 Å². The van der Waals surface area contributed by atoms with E-state index < -0.39 is 0 Å². The highest BCUT2D eigenvalue weighted by Crippen LogP contribution is 2.23. The first kappa shape index (κ1) is 14.9. The third-order valence-electron chi connectivity index (χ3n) is 3.92. The van der Waals surface area contributed by atoms with Gasteiger partial charge in [-0.2, -0.15) is 25.9 Å². The van der Waals surface area contributed by atoms with Crippen LogP contribution in [0, 0.1) is 13.8 Å². The maximum atomic E-state index is 4.45. The monoisotopic (exact) mass is 316 g/mol. The van der Waals surface area contributed by atoms with Gasteiger partial charge in [0, 0.05) is 17.8 Å². The van der Waals surface area contributed by atoms with Crippen molar-refractivity contribution in [3.63, 3.8) is 0 Å². The second-order valence-corrected chi connectivity index (χ2v) is 6.34. The average molecular weight is 316 g/mol. The number of fused-ring (bicyclic) bond motifs is 1. The molecule has 0 aliphatic rings. The van der Waals surface area contributed by atoms with Gasteiger partial charge in [0.2, 0.25) is 0 Å². The molecule has 0 saturated carbocycles. The van der Waals surface area contributed by atoms with E-state index >= 15 is 0 Å². The lowest BCUT2D eigenvalue weighted by Gasteiger charge is -2.25. The number of hydrogen-bond donors (Lipinski definition) is 1. The van der Waals surface area contributed by atoms with Crippen LogP contribution in [0.4, 0.5) is 5.82 Å². The summed E-state index contributed by atoms with van der Waals surface area (Å²) in [5.41, 5.74) is 3.39. The molecule has 0 bridgehead atoms. The van der Waals surface area contributed by atoms with Crippen LogP contribution in [0.25, 0.3) is 5.78 Å². The summed E-state index contributed by atoms with van der Waals surface area (Å²) in [5.74, 6) is 1.59. The normalized spacial score (nSPS) is 13.0. The van der Waals surface area contributed by atoms with Crippen molar-refractivity contribution in [1.82, 2.24) is 24.5 Å². The number of hydrogen-bond acceptors (Lipinski definition) is 6. The molecule has 0 radical (unpaired) electrons. The molecule has 1 atom stereocenters. The first-order chi connectivity index (χ1) is 10.6. The third kappa shape index (κ3) is 2.69. The Bertz CT molecular complexity index is 762. The molecule has 116 valence electrons. The Morgan fingerprint density at radius 2 is 2.18 bits per heavy atom. The van der Waals surface area contributed by atoms with Gasteiger partial charge < -0.3 is 10.2 Å². The van der Waals surface area contributed by atoms with Crippen LogP contribution in [0.15, 0.2) is 23.2 Å². The number of thiophene rings is 1. The minimum atomic E-state index is 0.303. The molecule has 3 heterocycles. The summed E-state index contributed by atoms with van der Waals surface area (Å²) < 4.78 is 1.77. The maximum absolute atomic E-state index is 4.45. The molecule has 0 amide bonds.